The second-order valence-corrected chi connectivity index (χ2v) is 5.28. The zero-order valence-electron chi connectivity index (χ0n) is 11.0. The minimum atomic E-state index is -4.41. The Labute approximate surface area is 128 Å². The van der Waals surface area contributed by atoms with Crippen LogP contribution in [0.1, 0.15) is 22.7 Å². The van der Waals surface area contributed by atoms with Crippen molar-refractivity contribution in [1.82, 2.24) is 5.32 Å². The molecule has 0 aliphatic carbocycles. The van der Waals surface area contributed by atoms with Crippen LogP contribution in [0.2, 0.25) is 0 Å². The minimum Gasteiger partial charge on any atom is -0.309 e. The van der Waals surface area contributed by atoms with Crippen LogP contribution in [0.4, 0.5) is 17.6 Å². The van der Waals surface area contributed by atoms with E-state index in [0.29, 0.717) is 11.1 Å². The Bertz CT molecular complexity index is 640. The van der Waals surface area contributed by atoms with Crippen molar-refractivity contribution in [2.75, 3.05) is 7.05 Å². The number of hydrogen-bond donors (Lipinski definition) is 1. The summed E-state index contributed by atoms with van der Waals surface area (Å²) in [6.45, 7) is 0. The molecule has 21 heavy (non-hydrogen) atoms. The first-order chi connectivity index (χ1) is 9.84. The average molecular weight is 362 g/mol. The van der Waals surface area contributed by atoms with Crippen LogP contribution in [-0.4, -0.2) is 7.05 Å². The van der Waals surface area contributed by atoms with E-state index >= 15 is 0 Å². The van der Waals surface area contributed by atoms with Gasteiger partial charge < -0.3 is 5.32 Å². The Hall–Kier alpha value is -1.40. The van der Waals surface area contributed by atoms with Gasteiger partial charge in [0.2, 0.25) is 0 Å². The van der Waals surface area contributed by atoms with Gasteiger partial charge in [-0.3, -0.25) is 0 Å². The number of rotatable bonds is 3. The molecule has 1 unspecified atom stereocenters. The molecule has 2 rings (SSSR count). The third-order valence-corrected chi connectivity index (χ3v) is 3.97. The number of nitrogens with one attached hydrogen (secondary N) is 1. The standard InChI is InChI=1S/C15H12BrF4N/c1-21-14(11-6-3-7-12(17)13(11)16)9-4-2-5-10(8-9)15(18,19)20/h2-8,14,21H,1H3. The van der Waals surface area contributed by atoms with Gasteiger partial charge in [-0.05, 0) is 52.3 Å². The highest BCUT2D eigenvalue weighted by molar-refractivity contribution is 9.10. The summed E-state index contributed by atoms with van der Waals surface area (Å²) in [7, 11) is 1.61. The van der Waals surface area contributed by atoms with Gasteiger partial charge in [-0.25, -0.2) is 4.39 Å². The SMILES string of the molecule is CNC(c1cccc(C(F)(F)F)c1)c1cccc(F)c1Br. The molecular weight excluding hydrogens is 350 g/mol. The molecule has 0 aliphatic rings. The van der Waals surface area contributed by atoms with Crippen molar-refractivity contribution in [3.63, 3.8) is 0 Å². The maximum atomic E-state index is 13.6. The number of halogens is 5. The molecule has 0 saturated heterocycles. The lowest BCUT2D eigenvalue weighted by Gasteiger charge is -2.20. The predicted octanol–water partition coefficient (Wildman–Crippen LogP) is 4.92. The fraction of sp³-hybridized carbons (Fsp3) is 0.200. The first kappa shape index (κ1) is 16.0. The topological polar surface area (TPSA) is 12.0 Å². The second kappa shape index (κ2) is 6.15. The molecule has 0 aromatic heterocycles. The van der Waals surface area contributed by atoms with E-state index in [9.17, 15) is 17.6 Å². The molecule has 6 heteroatoms. The van der Waals surface area contributed by atoms with E-state index in [-0.39, 0.29) is 4.47 Å². The lowest BCUT2D eigenvalue weighted by atomic mass is 9.97. The quantitative estimate of drug-likeness (QED) is 0.765. The molecule has 0 heterocycles. The Balaban J connectivity index is 2.49. The molecule has 0 bridgehead atoms. The summed E-state index contributed by atoms with van der Waals surface area (Å²) < 4.78 is 52.2. The van der Waals surface area contributed by atoms with Crippen molar-refractivity contribution in [2.45, 2.75) is 12.2 Å². The van der Waals surface area contributed by atoms with Crippen molar-refractivity contribution < 1.29 is 17.6 Å². The lowest BCUT2D eigenvalue weighted by molar-refractivity contribution is -0.137. The van der Waals surface area contributed by atoms with Gasteiger partial charge in [0, 0.05) is 0 Å². The zero-order valence-corrected chi connectivity index (χ0v) is 12.6. The van der Waals surface area contributed by atoms with E-state index in [1.807, 2.05) is 0 Å². The van der Waals surface area contributed by atoms with E-state index in [4.69, 9.17) is 0 Å². The summed E-state index contributed by atoms with van der Waals surface area (Å²) in [6, 6.07) is 8.92. The zero-order chi connectivity index (χ0) is 15.6. The van der Waals surface area contributed by atoms with Crippen LogP contribution in [0.5, 0.6) is 0 Å². The molecular formula is C15H12BrF4N. The van der Waals surface area contributed by atoms with E-state index < -0.39 is 23.6 Å². The highest BCUT2D eigenvalue weighted by atomic mass is 79.9. The van der Waals surface area contributed by atoms with Crippen LogP contribution in [0.3, 0.4) is 0 Å². The molecule has 0 amide bonds. The van der Waals surface area contributed by atoms with E-state index in [1.54, 1.807) is 19.2 Å². The van der Waals surface area contributed by atoms with Gasteiger partial charge in [0.15, 0.2) is 0 Å². The highest BCUT2D eigenvalue weighted by Gasteiger charge is 2.31. The number of hydrogen-bond acceptors (Lipinski definition) is 1. The Kier molecular flexibility index (Phi) is 4.68. The van der Waals surface area contributed by atoms with Crippen molar-refractivity contribution >= 4 is 15.9 Å². The van der Waals surface area contributed by atoms with Crippen LogP contribution in [0.15, 0.2) is 46.9 Å². The van der Waals surface area contributed by atoms with Crippen molar-refractivity contribution in [2.24, 2.45) is 0 Å². The smallest absolute Gasteiger partial charge is 0.309 e. The summed E-state index contributed by atoms with van der Waals surface area (Å²) in [6.07, 6.45) is -4.41. The van der Waals surface area contributed by atoms with Crippen molar-refractivity contribution in [1.29, 1.82) is 0 Å². The minimum absolute atomic E-state index is 0.238. The Morgan fingerprint density at radius 1 is 1.10 bits per heavy atom. The van der Waals surface area contributed by atoms with E-state index in [2.05, 4.69) is 21.2 Å². The van der Waals surface area contributed by atoms with Gasteiger partial charge in [0.25, 0.3) is 0 Å². The monoisotopic (exact) mass is 361 g/mol. The van der Waals surface area contributed by atoms with E-state index in [1.165, 1.54) is 18.2 Å². The summed E-state index contributed by atoms with van der Waals surface area (Å²) in [5.41, 5.74) is 0.225. The summed E-state index contributed by atoms with van der Waals surface area (Å²) in [5.74, 6) is -0.459. The largest absolute Gasteiger partial charge is 0.416 e. The van der Waals surface area contributed by atoms with Crippen molar-refractivity contribution in [3.05, 3.63) is 69.4 Å². The molecule has 1 atom stereocenters. The number of benzene rings is 2. The summed E-state index contributed by atoms with van der Waals surface area (Å²) >= 11 is 3.14. The van der Waals surface area contributed by atoms with Gasteiger partial charge in [-0.1, -0.05) is 24.3 Å². The fourth-order valence-corrected chi connectivity index (χ4v) is 2.63. The molecule has 0 saturated carbocycles. The van der Waals surface area contributed by atoms with Crippen LogP contribution in [0, 0.1) is 5.82 Å². The molecule has 2 aromatic rings. The molecule has 0 radical (unpaired) electrons. The van der Waals surface area contributed by atoms with E-state index in [0.717, 1.165) is 12.1 Å². The van der Waals surface area contributed by atoms with Gasteiger partial charge in [0.05, 0.1) is 16.1 Å². The van der Waals surface area contributed by atoms with Crippen LogP contribution >= 0.6 is 15.9 Å². The molecule has 0 fully saturated rings. The average Bonchev–Trinajstić information content (AvgIpc) is 2.44. The predicted molar refractivity (Wildman–Crippen MR) is 76.4 cm³/mol. The molecule has 0 spiro atoms. The fourth-order valence-electron chi connectivity index (χ4n) is 2.14. The molecule has 2 aromatic carbocycles. The molecule has 112 valence electrons. The van der Waals surface area contributed by atoms with Crippen LogP contribution in [0.25, 0.3) is 0 Å². The molecule has 1 nitrogen and oxygen atoms in total. The normalized spacial score (nSPS) is 13.2. The maximum Gasteiger partial charge on any atom is 0.416 e. The van der Waals surface area contributed by atoms with Gasteiger partial charge in [-0.15, -0.1) is 0 Å². The first-order valence-corrected chi connectivity index (χ1v) is 6.92. The van der Waals surface area contributed by atoms with Crippen LogP contribution < -0.4 is 5.32 Å². The second-order valence-electron chi connectivity index (χ2n) is 4.49. The summed E-state index contributed by atoms with van der Waals surface area (Å²) in [5, 5.41) is 2.92. The highest BCUT2D eigenvalue weighted by Crippen LogP contribution is 2.34. The Morgan fingerprint density at radius 2 is 1.76 bits per heavy atom. The van der Waals surface area contributed by atoms with Gasteiger partial charge in [-0.2, -0.15) is 13.2 Å². The van der Waals surface area contributed by atoms with Crippen LogP contribution in [-0.2, 0) is 6.18 Å². The Morgan fingerprint density at radius 3 is 2.38 bits per heavy atom. The third kappa shape index (κ3) is 3.44. The lowest BCUT2D eigenvalue weighted by Crippen LogP contribution is -2.19. The van der Waals surface area contributed by atoms with Gasteiger partial charge in [0.1, 0.15) is 5.82 Å². The summed E-state index contributed by atoms with van der Waals surface area (Å²) in [4.78, 5) is 0. The van der Waals surface area contributed by atoms with Crippen molar-refractivity contribution in [3.8, 4) is 0 Å². The third-order valence-electron chi connectivity index (χ3n) is 3.13. The molecule has 0 aliphatic heterocycles. The van der Waals surface area contributed by atoms with Gasteiger partial charge >= 0.3 is 6.18 Å². The number of alkyl halides is 3. The first-order valence-electron chi connectivity index (χ1n) is 6.13. The molecule has 1 N–H and O–H groups in total. The maximum absolute atomic E-state index is 13.6.